The van der Waals surface area contributed by atoms with Crippen molar-refractivity contribution in [2.24, 2.45) is 0 Å². The molecule has 0 aliphatic heterocycles. The summed E-state index contributed by atoms with van der Waals surface area (Å²) < 4.78 is 0. The minimum atomic E-state index is 0.741. The molecule has 4 heteroatoms. The number of aromatic nitrogens is 1. The summed E-state index contributed by atoms with van der Waals surface area (Å²) in [5.41, 5.74) is 1.12. The van der Waals surface area contributed by atoms with Crippen molar-refractivity contribution in [3.05, 3.63) is 29.0 Å². The first-order valence-corrected chi connectivity index (χ1v) is 6.14. The Bertz CT molecular complexity index is 339. The maximum atomic E-state index is 6.01. The third-order valence-electron chi connectivity index (χ3n) is 2.98. The third-order valence-corrected chi connectivity index (χ3v) is 3.32. The number of likely N-dealkylation sites (N-methyl/N-ethyl adjacent to an activating group) is 1. The van der Waals surface area contributed by atoms with Gasteiger partial charge in [-0.15, -0.1) is 0 Å². The van der Waals surface area contributed by atoms with E-state index in [1.165, 1.54) is 12.8 Å². The Morgan fingerprint density at radius 3 is 3.06 bits per heavy atom. The number of pyridine rings is 1. The van der Waals surface area contributed by atoms with E-state index in [-0.39, 0.29) is 0 Å². The molecule has 1 N–H and O–H groups in total. The van der Waals surface area contributed by atoms with Crippen molar-refractivity contribution in [1.29, 1.82) is 0 Å². The van der Waals surface area contributed by atoms with Gasteiger partial charge in [-0.2, -0.15) is 0 Å². The molecular formula is C12H18ClN3. The lowest BCUT2D eigenvalue weighted by Crippen LogP contribution is -2.30. The SMILES string of the molecule is CN(CCNCc1ccncc1Cl)C1CC1. The summed E-state index contributed by atoms with van der Waals surface area (Å²) in [5, 5.41) is 4.14. The Kier molecular flexibility index (Phi) is 4.16. The molecule has 0 spiro atoms. The Morgan fingerprint density at radius 2 is 2.38 bits per heavy atom. The van der Waals surface area contributed by atoms with Gasteiger partial charge in [0.2, 0.25) is 0 Å². The van der Waals surface area contributed by atoms with E-state index in [0.717, 1.165) is 36.3 Å². The van der Waals surface area contributed by atoms with Crippen molar-refractivity contribution in [3.8, 4) is 0 Å². The molecule has 16 heavy (non-hydrogen) atoms. The summed E-state index contributed by atoms with van der Waals surface area (Å²) in [7, 11) is 2.19. The summed E-state index contributed by atoms with van der Waals surface area (Å²) in [4.78, 5) is 6.38. The van der Waals surface area contributed by atoms with Crippen LogP contribution in [0.15, 0.2) is 18.5 Å². The Hall–Kier alpha value is -0.640. The van der Waals surface area contributed by atoms with Gasteiger partial charge in [-0.1, -0.05) is 11.6 Å². The highest BCUT2D eigenvalue weighted by molar-refractivity contribution is 6.31. The molecular weight excluding hydrogens is 222 g/mol. The van der Waals surface area contributed by atoms with Crippen LogP contribution in [-0.2, 0) is 6.54 Å². The normalized spacial score (nSPS) is 15.7. The van der Waals surface area contributed by atoms with Gasteiger partial charge in [-0.05, 0) is 31.5 Å². The number of nitrogens with one attached hydrogen (secondary N) is 1. The summed E-state index contributed by atoms with van der Waals surface area (Å²) >= 11 is 6.01. The molecule has 0 radical (unpaired) electrons. The zero-order chi connectivity index (χ0) is 11.4. The summed E-state index contributed by atoms with van der Waals surface area (Å²) in [6, 6.07) is 2.80. The molecule has 0 unspecified atom stereocenters. The number of nitrogens with zero attached hydrogens (tertiary/aromatic N) is 2. The third kappa shape index (κ3) is 3.44. The van der Waals surface area contributed by atoms with Crippen molar-refractivity contribution < 1.29 is 0 Å². The number of hydrogen-bond donors (Lipinski definition) is 1. The molecule has 2 rings (SSSR count). The van der Waals surface area contributed by atoms with Crippen LogP contribution in [0.3, 0.4) is 0 Å². The van der Waals surface area contributed by atoms with Crippen molar-refractivity contribution in [1.82, 2.24) is 15.2 Å². The fourth-order valence-corrected chi connectivity index (χ4v) is 1.91. The van der Waals surface area contributed by atoms with Gasteiger partial charge in [0.05, 0.1) is 5.02 Å². The predicted octanol–water partition coefficient (Wildman–Crippen LogP) is 1.92. The number of rotatable bonds is 6. The molecule has 88 valence electrons. The van der Waals surface area contributed by atoms with E-state index in [2.05, 4.69) is 22.2 Å². The first-order valence-electron chi connectivity index (χ1n) is 5.76. The smallest absolute Gasteiger partial charge is 0.0634 e. The lowest BCUT2D eigenvalue weighted by atomic mass is 10.2. The molecule has 0 amide bonds. The van der Waals surface area contributed by atoms with Crippen LogP contribution in [0.4, 0.5) is 0 Å². The van der Waals surface area contributed by atoms with E-state index in [1.54, 1.807) is 12.4 Å². The molecule has 1 aromatic heterocycles. The van der Waals surface area contributed by atoms with Crippen LogP contribution < -0.4 is 5.32 Å². The highest BCUT2D eigenvalue weighted by Gasteiger charge is 2.25. The van der Waals surface area contributed by atoms with E-state index in [9.17, 15) is 0 Å². The van der Waals surface area contributed by atoms with Gasteiger partial charge in [-0.3, -0.25) is 4.98 Å². The number of hydrogen-bond acceptors (Lipinski definition) is 3. The molecule has 1 aromatic rings. The van der Waals surface area contributed by atoms with Crippen molar-refractivity contribution in [2.75, 3.05) is 20.1 Å². The fourth-order valence-electron chi connectivity index (χ4n) is 1.72. The molecule has 1 aliphatic carbocycles. The standard InChI is InChI=1S/C12H18ClN3/c1-16(11-2-3-11)7-6-15-8-10-4-5-14-9-12(10)13/h4-5,9,11,15H,2-3,6-8H2,1H3. The summed E-state index contributed by atoms with van der Waals surface area (Å²) in [6.45, 7) is 2.93. The Balaban J connectivity index is 1.66. The van der Waals surface area contributed by atoms with Gasteiger partial charge in [0.15, 0.2) is 0 Å². The minimum Gasteiger partial charge on any atom is -0.311 e. The van der Waals surface area contributed by atoms with Crippen LogP contribution in [0.2, 0.25) is 5.02 Å². The van der Waals surface area contributed by atoms with Gasteiger partial charge >= 0.3 is 0 Å². The zero-order valence-corrected chi connectivity index (χ0v) is 10.4. The Labute approximate surface area is 102 Å². The first-order chi connectivity index (χ1) is 7.77. The van der Waals surface area contributed by atoms with E-state index in [1.807, 2.05) is 6.07 Å². The molecule has 0 saturated heterocycles. The molecule has 1 fully saturated rings. The zero-order valence-electron chi connectivity index (χ0n) is 9.62. The fraction of sp³-hybridized carbons (Fsp3) is 0.583. The molecule has 0 atom stereocenters. The van der Waals surface area contributed by atoms with E-state index in [4.69, 9.17) is 11.6 Å². The monoisotopic (exact) mass is 239 g/mol. The lowest BCUT2D eigenvalue weighted by molar-refractivity contribution is 0.321. The largest absolute Gasteiger partial charge is 0.311 e. The van der Waals surface area contributed by atoms with E-state index >= 15 is 0 Å². The van der Waals surface area contributed by atoms with Gasteiger partial charge in [0, 0.05) is 38.1 Å². The molecule has 1 aliphatic rings. The molecule has 1 saturated carbocycles. The first kappa shape index (κ1) is 11.8. The van der Waals surface area contributed by atoms with Gasteiger partial charge in [0.25, 0.3) is 0 Å². The molecule has 0 bridgehead atoms. The number of halogens is 1. The van der Waals surface area contributed by atoms with E-state index in [0.29, 0.717) is 0 Å². The van der Waals surface area contributed by atoms with Gasteiger partial charge in [0.1, 0.15) is 0 Å². The summed E-state index contributed by atoms with van der Waals surface area (Å²) in [6.07, 6.45) is 6.20. The van der Waals surface area contributed by atoms with E-state index < -0.39 is 0 Å². The topological polar surface area (TPSA) is 28.2 Å². The molecule has 0 aromatic carbocycles. The van der Waals surface area contributed by atoms with Crippen LogP contribution >= 0.6 is 11.6 Å². The highest BCUT2D eigenvalue weighted by atomic mass is 35.5. The average molecular weight is 240 g/mol. The van der Waals surface area contributed by atoms with Crippen molar-refractivity contribution in [3.63, 3.8) is 0 Å². The van der Waals surface area contributed by atoms with Crippen LogP contribution in [0.5, 0.6) is 0 Å². The lowest BCUT2D eigenvalue weighted by Gasteiger charge is -2.15. The summed E-state index contributed by atoms with van der Waals surface area (Å²) in [5.74, 6) is 0. The van der Waals surface area contributed by atoms with Crippen LogP contribution in [0, 0.1) is 0 Å². The van der Waals surface area contributed by atoms with Crippen LogP contribution in [0.25, 0.3) is 0 Å². The second kappa shape index (κ2) is 5.62. The maximum Gasteiger partial charge on any atom is 0.0634 e. The van der Waals surface area contributed by atoms with Crippen LogP contribution in [0.1, 0.15) is 18.4 Å². The molecule has 1 heterocycles. The molecule has 3 nitrogen and oxygen atoms in total. The average Bonchev–Trinajstić information content (AvgIpc) is 3.10. The Morgan fingerprint density at radius 1 is 1.56 bits per heavy atom. The second-order valence-electron chi connectivity index (χ2n) is 4.36. The van der Waals surface area contributed by atoms with Crippen LogP contribution in [-0.4, -0.2) is 36.1 Å². The van der Waals surface area contributed by atoms with Crippen molar-refractivity contribution >= 4 is 11.6 Å². The van der Waals surface area contributed by atoms with Gasteiger partial charge in [-0.25, -0.2) is 0 Å². The predicted molar refractivity (Wildman–Crippen MR) is 66.6 cm³/mol. The second-order valence-corrected chi connectivity index (χ2v) is 4.76. The maximum absolute atomic E-state index is 6.01. The minimum absolute atomic E-state index is 0.741. The van der Waals surface area contributed by atoms with Crippen molar-refractivity contribution in [2.45, 2.75) is 25.4 Å². The highest BCUT2D eigenvalue weighted by Crippen LogP contribution is 2.24. The van der Waals surface area contributed by atoms with Gasteiger partial charge < -0.3 is 10.2 Å². The quantitative estimate of drug-likeness (QED) is 0.769.